The number of hydrogen-bond acceptors (Lipinski definition) is 9. The van der Waals surface area contributed by atoms with E-state index < -0.39 is 79.8 Å². The van der Waals surface area contributed by atoms with Gasteiger partial charge in [0, 0.05) is 17.9 Å². The molecule has 0 bridgehead atoms. The molecule has 1 aromatic rings. The topological polar surface area (TPSA) is 197 Å². The van der Waals surface area contributed by atoms with E-state index in [1.807, 2.05) is 20.8 Å². The molecule has 15 heteroatoms. The first-order valence-corrected chi connectivity index (χ1v) is 21.2. The van der Waals surface area contributed by atoms with Crippen LogP contribution in [0.1, 0.15) is 122 Å². The van der Waals surface area contributed by atoms with E-state index in [0.717, 1.165) is 57.8 Å². The fourth-order valence-electron chi connectivity index (χ4n) is 10.5. The number of nitrogens with zero attached hydrogens (tertiary/aromatic N) is 2. The lowest BCUT2D eigenvalue weighted by molar-refractivity contribution is -0.145. The second-order valence-corrected chi connectivity index (χ2v) is 20.5. The van der Waals surface area contributed by atoms with E-state index in [1.54, 1.807) is 11.0 Å². The third kappa shape index (κ3) is 6.16. The van der Waals surface area contributed by atoms with Crippen molar-refractivity contribution in [3.8, 4) is 0 Å². The number of aromatic nitrogens is 1. The third-order valence-corrected chi connectivity index (χ3v) is 16.2. The predicted octanol–water partition coefficient (Wildman–Crippen LogP) is 3.35. The molecule has 5 amide bonds. The molecule has 7 rings (SSSR count). The highest BCUT2D eigenvalue weighted by Crippen LogP contribution is 2.88. The molecule has 4 N–H and O–H groups in total. The quantitative estimate of drug-likeness (QED) is 0.231. The Hall–Kier alpha value is -3.75. The van der Waals surface area contributed by atoms with Crippen molar-refractivity contribution in [3.05, 3.63) is 31.0 Å². The lowest BCUT2D eigenvalue weighted by Crippen LogP contribution is -2.62. The maximum atomic E-state index is 15.0. The van der Waals surface area contributed by atoms with Crippen LogP contribution in [0.5, 0.6) is 0 Å². The number of hydrogen-bond donors (Lipinski definition) is 4. The molecule has 1 aliphatic heterocycles. The highest BCUT2D eigenvalue weighted by atomic mass is 32.2. The minimum absolute atomic E-state index is 0.0256. The number of sulfonamides is 1. The predicted molar refractivity (Wildman–Crippen MR) is 198 cm³/mol. The number of fused-ring (bicyclic) bond motifs is 1. The van der Waals surface area contributed by atoms with Crippen LogP contribution < -0.4 is 20.7 Å². The molecule has 54 heavy (non-hydrogen) atoms. The van der Waals surface area contributed by atoms with Gasteiger partial charge in [-0.25, -0.2) is 13.4 Å². The monoisotopic (exact) mass is 768 g/mol. The second kappa shape index (κ2) is 13.2. The minimum atomic E-state index is -3.87. The SMILES string of the molecule is C=C[C@@H]1C[C@]1(NC(=O)[C@@H]1C[C@@]2(CN1C(=O)[C@@H](NC(=O)[C@@H](NC(=O)c1cocn1)C1CCCCC1)C(C)(C)C)C(C)(C)C21CCC1)C(=O)NS(=O)(=O)C1CC1. The van der Waals surface area contributed by atoms with Gasteiger partial charge in [-0.05, 0) is 73.5 Å². The lowest BCUT2D eigenvalue weighted by Gasteiger charge is -2.38. The van der Waals surface area contributed by atoms with Crippen LogP contribution in [-0.2, 0) is 29.2 Å². The molecule has 0 unspecified atom stereocenters. The van der Waals surface area contributed by atoms with E-state index in [2.05, 4.69) is 46.1 Å². The van der Waals surface area contributed by atoms with Crippen LogP contribution in [0.2, 0.25) is 0 Å². The number of nitrogens with one attached hydrogen (secondary N) is 4. The van der Waals surface area contributed by atoms with Gasteiger partial charge in [0.1, 0.15) is 29.9 Å². The first-order valence-electron chi connectivity index (χ1n) is 19.6. The first kappa shape index (κ1) is 38.5. The molecule has 296 valence electrons. The van der Waals surface area contributed by atoms with Gasteiger partial charge in [0.25, 0.3) is 11.8 Å². The molecule has 6 aliphatic rings. The standard InChI is InChI=1S/C39H56N6O8S/c1-7-24-18-39(24,34(50)44-54(51,52)25-14-15-25)43-31(47)27-19-38(36(5,6)37(38)16-11-17-37)21-45(27)33(49)29(35(2,3)4)42-32(48)28(23-12-9-8-10-13-23)41-30(46)26-20-53-22-40-26/h7,20,22-25,27-29H,1,8-19,21H2,2-6H3,(H,41,46)(H,42,48)(H,43,47)(H,44,50)/t24-,27+,28+,29-,38-,39-/m1/s1. The van der Waals surface area contributed by atoms with Crippen molar-refractivity contribution in [2.45, 2.75) is 141 Å². The van der Waals surface area contributed by atoms with E-state index in [-0.39, 0.29) is 34.3 Å². The summed E-state index contributed by atoms with van der Waals surface area (Å²) in [4.78, 5) is 76.2. The molecule has 2 spiro atoms. The molecule has 1 saturated heterocycles. The van der Waals surface area contributed by atoms with Crippen molar-refractivity contribution < 1.29 is 36.8 Å². The fraction of sp³-hybridized carbons (Fsp3) is 0.744. The van der Waals surface area contributed by atoms with Crippen LogP contribution in [0, 0.1) is 33.5 Å². The number of carbonyl (C=O) groups is 5. The van der Waals surface area contributed by atoms with Gasteiger partial charge in [0.15, 0.2) is 12.1 Å². The van der Waals surface area contributed by atoms with Gasteiger partial charge in [-0.2, -0.15) is 0 Å². The maximum Gasteiger partial charge on any atom is 0.273 e. The molecule has 6 fully saturated rings. The zero-order chi connectivity index (χ0) is 39.1. The summed E-state index contributed by atoms with van der Waals surface area (Å²) in [6, 6.07) is -2.95. The van der Waals surface area contributed by atoms with Crippen molar-refractivity contribution in [1.82, 2.24) is 30.6 Å². The fourth-order valence-corrected chi connectivity index (χ4v) is 11.9. The molecule has 5 aliphatic carbocycles. The van der Waals surface area contributed by atoms with Crippen molar-refractivity contribution in [3.63, 3.8) is 0 Å². The zero-order valence-corrected chi connectivity index (χ0v) is 33.0. The van der Waals surface area contributed by atoms with Gasteiger partial charge in [-0.3, -0.25) is 28.7 Å². The van der Waals surface area contributed by atoms with Gasteiger partial charge in [0.2, 0.25) is 27.7 Å². The number of oxazole rings is 1. The highest BCUT2D eigenvalue weighted by molar-refractivity contribution is 7.91. The van der Waals surface area contributed by atoms with Gasteiger partial charge < -0.3 is 25.3 Å². The van der Waals surface area contributed by atoms with Gasteiger partial charge in [-0.15, -0.1) is 6.58 Å². The van der Waals surface area contributed by atoms with Gasteiger partial charge in [-0.1, -0.05) is 66.4 Å². The normalized spacial score (nSPS) is 30.8. The molecule has 14 nitrogen and oxygen atoms in total. The van der Waals surface area contributed by atoms with Crippen molar-refractivity contribution in [2.75, 3.05) is 6.54 Å². The van der Waals surface area contributed by atoms with E-state index in [9.17, 15) is 27.6 Å². The molecule has 2 heterocycles. The Morgan fingerprint density at radius 1 is 0.981 bits per heavy atom. The van der Waals surface area contributed by atoms with Crippen LogP contribution in [-0.4, -0.2) is 83.3 Å². The van der Waals surface area contributed by atoms with E-state index in [4.69, 9.17) is 4.42 Å². The summed E-state index contributed by atoms with van der Waals surface area (Å²) in [5.74, 6) is -3.39. The average Bonchev–Trinajstić information content (AvgIpc) is 4.02. The second-order valence-electron chi connectivity index (χ2n) is 18.5. The summed E-state index contributed by atoms with van der Waals surface area (Å²) < 4.78 is 32.7. The Bertz CT molecular complexity index is 1820. The summed E-state index contributed by atoms with van der Waals surface area (Å²) in [6.45, 7) is 14.1. The smallest absolute Gasteiger partial charge is 0.273 e. The van der Waals surface area contributed by atoms with Crippen LogP contribution in [0.15, 0.2) is 29.7 Å². The molecule has 0 radical (unpaired) electrons. The Labute approximate surface area is 317 Å². The van der Waals surface area contributed by atoms with Crippen LogP contribution in [0.3, 0.4) is 0 Å². The summed E-state index contributed by atoms with van der Waals surface area (Å²) >= 11 is 0. The van der Waals surface area contributed by atoms with E-state index in [0.29, 0.717) is 25.8 Å². The Balaban J connectivity index is 1.16. The summed E-state index contributed by atoms with van der Waals surface area (Å²) in [5, 5.41) is 8.20. The van der Waals surface area contributed by atoms with Gasteiger partial charge in [0.05, 0.1) is 5.25 Å². The maximum absolute atomic E-state index is 15.0. The molecule has 6 atom stereocenters. The van der Waals surface area contributed by atoms with Crippen LogP contribution >= 0.6 is 0 Å². The summed E-state index contributed by atoms with van der Waals surface area (Å²) in [5.41, 5.74) is -2.77. The Morgan fingerprint density at radius 2 is 1.67 bits per heavy atom. The van der Waals surface area contributed by atoms with E-state index in [1.165, 1.54) is 6.26 Å². The zero-order valence-electron chi connectivity index (χ0n) is 32.2. The van der Waals surface area contributed by atoms with Crippen LogP contribution in [0.4, 0.5) is 0 Å². The number of amides is 5. The van der Waals surface area contributed by atoms with E-state index >= 15 is 4.79 Å². The van der Waals surface area contributed by atoms with Crippen molar-refractivity contribution in [1.29, 1.82) is 0 Å². The van der Waals surface area contributed by atoms with Crippen LogP contribution in [0.25, 0.3) is 0 Å². The number of likely N-dealkylation sites (tertiary alicyclic amines) is 1. The largest absolute Gasteiger partial charge is 0.451 e. The first-order chi connectivity index (χ1) is 25.3. The molecule has 0 aromatic carbocycles. The summed E-state index contributed by atoms with van der Waals surface area (Å²) in [7, 11) is -3.87. The Kier molecular flexibility index (Phi) is 9.41. The van der Waals surface area contributed by atoms with Gasteiger partial charge >= 0.3 is 0 Å². The average molecular weight is 769 g/mol. The number of carbonyl (C=O) groups excluding carboxylic acids is 5. The van der Waals surface area contributed by atoms with Crippen molar-refractivity contribution in [2.24, 2.45) is 33.5 Å². The minimum Gasteiger partial charge on any atom is -0.451 e. The highest BCUT2D eigenvalue weighted by Gasteiger charge is 2.85. The molecule has 5 saturated carbocycles. The molecular weight excluding hydrogens is 713 g/mol. The summed E-state index contributed by atoms with van der Waals surface area (Å²) in [6.07, 6.45) is 12.8. The third-order valence-electron chi connectivity index (χ3n) is 14.4. The lowest BCUT2D eigenvalue weighted by atomic mass is 9.73. The Morgan fingerprint density at radius 3 is 2.19 bits per heavy atom. The molecular formula is C39H56N6O8S. The molecule has 1 aromatic heterocycles. The number of rotatable bonds is 12. The van der Waals surface area contributed by atoms with Crippen molar-refractivity contribution >= 4 is 39.6 Å².